The molecule has 0 bridgehead atoms. The summed E-state index contributed by atoms with van der Waals surface area (Å²) in [5.74, 6) is 0. The molecule has 3 heteroatoms. The molecule has 1 atom stereocenters. The summed E-state index contributed by atoms with van der Waals surface area (Å²) in [5.41, 5.74) is 0. The Bertz CT molecular complexity index is 40.7. The van der Waals surface area contributed by atoms with Gasteiger partial charge in [-0.05, 0) is 0 Å². The minimum atomic E-state index is -1.25. The molecule has 44 valence electrons. The lowest BCUT2D eigenvalue weighted by molar-refractivity contribution is 0.144. The van der Waals surface area contributed by atoms with Gasteiger partial charge in [0.25, 0.3) is 0 Å². The fourth-order valence-corrected chi connectivity index (χ4v) is 0.231. The molecule has 0 aliphatic heterocycles. The van der Waals surface area contributed by atoms with Crippen LogP contribution in [0.5, 0.6) is 0 Å². The monoisotopic (exact) mass is 108 g/mol. The van der Waals surface area contributed by atoms with Gasteiger partial charge in [0.2, 0.25) is 0 Å². The Labute approximate surface area is 41.6 Å². The lowest BCUT2D eigenvalue weighted by atomic mass is 10.3. The Hall–Kier alpha value is -0.150. The molecule has 0 aromatic rings. The van der Waals surface area contributed by atoms with Gasteiger partial charge in [0.05, 0.1) is 6.61 Å². The van der Waals surface area contributed by atoms with Gasteiger partial charge in [0.15, 0.2) is 0 Å². The maximum absolute atomic E-state index is 11.7. The van der Waals surface area contributed by atoms with E-state index >= 15 is 0 Å². The van der Waals surface area contributed by atoms with Crippen LogP contribution in [-0.2, 0) is 0 Å². The molecule has 7 heavy (non-hydrogen) atoms. The van der Waals surface area contributed by atoms with Gasteiger partial charge < -0.3 is 10.2 Å². The first-order valence-corrected chi connectivity index (χ1v) is 2.17. The Morgan fingerprint density at radius 1 is 1.43 bits per heavy atom. The lowest BCUT2D eigenvalue weighted by Crippen LogP contribution is -2.07. The molecule has 0 aromatic carbocycles. The molecule has 0 fully saturated rings. The predicted octanol–water partition coefficient (Wildman–Crippen LogP) is -0.301. The van der Waals surface area contributed by atoms with Crippen LogP contribution < -0.4 is 0 Å². The summed E-state index contributed by atoms with van der Waals surface area (Å²) in [4.78, 5) is 0. The predicted molar refractivity (Wildman–Crippen MR) is 23.7 cm³/mol. The molecule has 0 rings (SSSR count). The molecule has 0 aliphatic rings. The van der Waals surface area contributed by atoms with Crippen LogP contribution in [0.2, 0.25) is 0 Å². The summed E-state index contributed by atoms with van der Waals surface area (Å²) in [6.45, 7) is -0.678. The minimum absolute atomic E-state index is 0.0382. The number of aliphatic hydroxyl groups excluding tert-OH is 2. The van der Waals surface area contributed by atoms with Crippen LogP contribution in [0.1, 0.15) is 6.42 Å². The Kier molecular flexibility index (Phi) is 3.93. The van der Waals surface area contributed by atoms with Gasteiger partial charge in [-0.15, -0.1) is 0 Å². The molecule has 0 spiro atoms. The van der Waals surface area contributed by atoms with E-state index in [0.717, 1.165) is 0 Å². The Balaban J connectivity index is 2.83. The zero-order valence-electron chi connectivity index (χ0n) is 3.97. The zero-order valence-corrected chi connectivity index (χ0v) is 3.97. The van der Waals surface area contributed by atoms with E-state index in [1.807, 2.05) is 0 Å². The standard InChI is InChI=1S/C4H9FO2/c5-4(3-7)1-2-6/h4,6-7H,1-3H2/t4-/m1/s1. The number of aliphatic hydroxyl groups is 2. The Morgan fingerprint density at radius 2 is 2.00 bits per heavy atom. The van der Waals surface area contributed by atoms with E-state index in [1.54, 1.807) is 0 Å². The summed E-state index contributed by atoms with van der Waals surface area (Å²) in [7, 11) is 0. The third-order valence-corrected chi connectivity index (χ3v) is 0.640. The normalized spacial score (nSPS) is 14.1. The summed E-state index contributed by atoms with van der Waals surface area (Å²) in [6, 6.07) is 0. The third-order valence-electron chi connectivity index (χ3n) is 0.640. The second kappa shape index (κ2) is 4.02. The molecular formula is C4H9FO2. The first-order chi connectivity index (χ1) is 3.31. The van der Waals surface area contributed by atoms with Gasteiger partial charge >= 0.3 is 0 Å². The smallest absolute Gasteiger partial charge is 0.125 e. The molecule has 2 nitrogen and oxygen atoms in total. The number of hydrogen-bond acceptors (Lipinski definition) is 2. The van der Waals surface area contributed by atoms with Crippen molar-refractivity contribution in [3.63, 3.8) is 0 Å². The molecule has 0 unspecified atom stereocenters. The highest BCUT2D eigenvalue weighted by molar-refractivity contribution is 4.49. The molecule has 0 saturated carbocycles. The maximum atomic E-state index is 11.7. The van der Waals surface area contributed by atoms with Crippen molar-refractivity contribution in [1.82, 2.24) is 0 Å². The van der Waals surface area contributed by atoms with Crippen LogP contribution in [-0.4, -0.2) is 29.6 Å². The largest absolute Gasteiger partial charge is 0.396 e. The molecule has 0 saturated heterocycles. The molecule has 2 N–H and O–H groups in total. The van der Waals surface area contributed by atoms with Crippen molar-refractivity contribution in [3.8, 4) is 0 Å². The van der Waals surface area contributed by atoms with Gasteiger partial charge in [-0.2, -0.15) is 0 Å². The second-order valence-electron chi connectivity index (χ2n) is 1.29. The first kappa shape index (κ1) is 6.85. The number of hydrogen-bond donors (Lipinski definition) is 2. The summed E-state index contributed by atoms with van der Waals surface area (Å²) < 4.78 is 11.7. The molecule has 0 aliphatic carbocycles. The van der Waals surface area contributed by atoms with Gasteiger partial charge in [-0.25, -0.2) is 4.39 Å². The van der Waals surface area contributed by atoms with Crippen LogP contribution >= 0.6 is 0 Å². The van der Waals surface area contributed by atoms with E-state index in [-0.39, 0.29) is 13.0 Å². The van der Waals surface area contributed by atoms with Gasteiger partial charge in [0, 0.05) is 13.0 Å². The van der Waals surface area contributed by atoms with E-state index in [4.69, 9.17) is 10.2 Å². The first-order valence-electron chi connectivity index (χ1n) is 2.17. The lowest BCUT2D eigenvalue weighted by Gasteiger charge is -1.97. The van der Waals surface area contributed by atoms with Crippen molar-refractivity contribution in [3.05, 3.63) is 0 Å². The van der Waals surface area contributed by atoms with Gasteiger partial charge in [-0.3, -0.25) is 0 Å². The summed E-state index contributed by atoms with van der Waals surface area (Å²) in [5, 5.41) is 16.0. The molecule has 0 radical (unpaired) electrons. The second-order valence-corrected chi connectivity index (χ2v) is 1.29. The molecule has 0 heterocycles. The van der Waals surface area contributed by atoms with E-state index < -0.39 is 12.8 Å². The van der Waals surface area contributed by atoms with E-state index in [2.05, 4.69) is 0 Å². The van der Waals surface area contributed by atoms with E-state index in [9.17, 15) is 4.39 Å². The number of rotatable bonds is 3. The van der Waals surface area contributed by atoms with Crippen molar-refractivity contribution in [2.45, 2.75) is 12.6 Å². The van der Waals surface area contributed by atoms with Crippen LogP contribution in [0.25, 0.3) is 0 Å². The molecule has 0 amide bonds. The van der Waals surface area contributed by atoms with Gasteiger partial charge in [-0.1, -0.05) is 0 Å². The quantitative estimate of drug-likeness (QED) is 0.521. The van der Waals surface area contributed by atoms with Crippen molar-refractivity contribution in [1.29, 1.82) is 0 Å². The zero-order chi connectivity index (χ0) is 5.70. The maximum Gasteiger partial charge on any atom is 0.125 e. The van der Waals surface area contributed by atoms with Crippen LogP contribution in [0.3, 0.4) is 0 Å². The minimum Gasteiger partial charge on any atom is -0.396 e. The average molecular weight is 108 g/mol. The van der Waals surface area contributed by atoms with Crippen molar-refractivity contribution in [2.75, 3.05) is 13.2 Å². The van der Waals surface area contributed by atoms with E-state index in [1.165, 1.54) is 0 Å². The Morgan fingerprint density at radius 3 is 2.14 bits per heavy atom. The fourth-order valence-electron chi connectivity index (χ4n) is 0.231. The molecule has 0 aromatic heterocycles. The highest BCUT2D eigenvalue weighted by Gasteiger charge is 1.99. The van der Waals surface area contributed by atoms with Crippen molar-refractivity contribution < 1.29 is 14.6 Å². The summed E-state index contributed by atoms with van der Waals surface area (Å²) >= 11 is 0. The number of alkyl halides is 1. The highest BCUT2D eigenvalue weighted by atomic mass is 19.1. The van der Waals surface area contributed by atoms with E-state index in [0.29, 0.717) is 0 Å². The van der Waals surface area contributed by atoms with Crippen LogP contribution in [0, 0.1) is 0 Å². The van der Waals surface area contributed by atoms with Gasteiger partial charge in [0.1, 0.15) is 6.17 Å². The molecular weight excluding hydrogens is 99.0 g/mol. The van der Waals surface area contributed by atoms with Crippen molar-refractivity contribution >= 4 is 0 Å². The fraction of sp³-hybridized carbons (Fsp3) is 1.00. The average Bonchev–Trinajstić information content (AvgIpc) is 1.68. The van der Waals surface area contributed by atoms with Crippen LogP contribution in [0.4, 0.5) is 4.39 Å². The topological polar surface area (TPSA) is 40.5 Å². The third kappa shape index (κ3) is 3.69. The summed E-state index contributed by atoms with van der Waals surface area (Å²) in [6.07, 6.45) is -1.21. The highest BCUT2D eigenvalue weighted by Crippen LogP contribution is 1.92. The van der Waals surface area contributed by atoms with Crippen LogP contribution in [0.15, 0.2) is 0 Å². The van der Waals surface area contributed by atoms with Crippen molar-refractivity contribution in [2.24, 2.45) is 0 Å². The SMILES string of the molecule is OCC[C@@H](F)CO. The number of halogens is 1.